The molecule has 0 spiro atoms. The maximum Gasteiger partial charge on any atom is 0.326 e. The van der Waals surface area contributed by atoms with Gasteiger partial charge in [-0.3, -0.25) is 14.7 Å². The summed E-state index contributed by atoms with van der Waals surface area (Å²) in [5.74, 6) is -0.521. The zero-order valence-electron chi connectivity index (χ0n) is 20.8. The SMILES string of the molecule is CSc1ncc2cc(-c3ccc(F)c(NC(=O)Nc4cc(C(C)(C)C)no4)c3)c(=O)n(C(C)C)c2n1. The van der Waals surface area contributed by atoms with E-state index in [4.69, 9.17) is 4.52 Å². The molecule has 0 radical (unpaired) electrons. The van der Waals surface area contributed by atoms with Crippen LogP contribution < -0.4 is 16.2 Å². The Hall–Kier alpha value is -3.73. The zero-order chi connectivity index (χ0) is 26.2. The average Bonchev–Trinajstić information content (AvgIpc) is 3.28. The van der Waals surface area contributed by atoms with E-state index in [9.17, 15) is 14.0 Å². The number of amides is 2. The van der Waals surface area contributed by atoms with Gasteiger partial charge in [-0.05, 0) is 43.9 Å². The Morgan fingerprint density at radius 2 is 1.92 bits per heavy atom. The van der Waals surface area contributed by atoms with Gasteiger partial charge >= 0.3 is 6.03 Å². The average molecular weight is 511 g/mol. The quantitative estimate of drug-likeness (QED) is 0.256. The molecule has 0 bridgehead atoms. The first kappa shape index (κ1) is 25.4. The summed E-state index contributed by atoms with van der Waals surface area (Å²) in [5, 5.41) is 10.2. The Bertz CT molecular complexity index is 1510. The van der Waals surface area contributed by atoms with Crippen molar-refractivity contribution in [2.45, 2.75) is 51.2 Å². The molecule has 0 aliphatic heterocycles. The van der Waals surface area contributed by atoms with Crippen LogP contribution in [0.15, 0.2) is 51.0 Å². The number of rotatable bonds is 5. The molecule has 2 amide bonds. The molecule has 0 aliphatic carbocycles. The molecule has 0 aliphatic rings. The zero-order valence-corrected chi connectivity index (χ0v) is 21.7. The number of carbonyl (C=O) groups is 1. The molecule has 0 saturated carbocycles. The van der Waals surface area contributed by atoms with Gasteiger partial charge < -0.3 is 9.84 Å². The number of halogens is 1. The monoisotopic (exact) mass is 510 g/mol. The number of hydrogen-bond acceptors (Lipinski definition) is 7. The number of aromatic nitrogens is 4. The summed E-state index contributed by atoms with van der Waals surface area (Å²) < 4.78 is 21.4. The number of nitrogens with zero attached hydrogens (tertiary/aromatic N) is 4. The van der Waals surface area contributed by atoms with Crippen molar-refractivity contribution >= 4 is 40.4 Å². The molecule has 0 saturated heterocycles. The molecular weight excluding hydrogens is 483 g/mol. The van der Waals surface area contributed by atoms with E-state index in [0.717, 1.165) is 0 Å². The molecule has 4 aromatic rings. The second kappa shape index (κ2) is 9.73. The van der Waals surface area contributed by atoms with E-state index in [2.05, 4.69) is 25.8 Å². The summed E-state index contributed by atoms with van der Waals surface area (Å²) in [7, 11) is 0. The molecule has 1 aromatic carbocycles. The van der Waals surface area contributed by atoms with Crippen molar-refractivity contribution in [3.63, 3.8) is 0 Å². The van der Waals surface area contributed by atoms with Crippen molar-refractivity contribution in [2.75, 3.05) is 16.9 Å². The first-order chi connectivity index (χ1) is 17.0. The first-order valence-electron chi connectivity index (χ1n) is 11.3. The van der Waals surface area contributed by atoms with Crippen molar-refractivity contribution in [2.24, 2.45) is 0 Å². The Labute approximate surface area is 211 Å². The molecule has 11 heteroatoms. The van der Waals surface area contributed by atoms with Crippen LogP contribution >= 0.6 is 11.8 Å². The van der Waals surface area contributed by atoms with E-state index < -0.39 is 11.8 Å². The smallest absolute Gasteiger partial charge is 0.326 e. The fourth-order valence-corrected chi connectivity index (χ4v) is 3.97. The fourth-order valence-electron chi connectivity index (χ4n) is 3.63. The predicted molar refractivity (Wildman–Crippen MR) is 139 cm³/mol. The highest BCUT2D eigenvalue weighted by Crippen LogP contribution is 2.27. The number of thioether (sulfide) groups is 1. The molecule has 9 nitrogen and oxygen atoms in total. The van der Waals surface area contributed by atoms with Gasteiger partial charge in [0.25, 0.3) is 5.56 Å². The second-order valence-electron chi connectivity index (χ2n) is 9.56. The summed E-state index contributed by atoms with van der Waals surface area (Å²) in [4.78, 5) is 34.8. The van der Waals surface area contributed by atoms with Crippen molar-refractivity contribution < 1.29 is 13.7 Å². The molecule has 2 N–H and O–H groups in total. The maximum absolute atomic E-state index is 14.6. The Morgan fingerprint density at radius 3 is 2.56 bits per heavy atom. The highest BCUT2D eigenvalue weighted by molar-refractivity contribution is 7.98. The van der Waals surface area contributed by atoms with Gasteiger partial charge in [-0.25, -0.2) is 19.2 Å². The summed E-state index contributed by atoms with van der Waals surface area (Å²) in [6.07, 6.45) is 3.53. The highest BCUT2D eigenvalue weighted by atomic mass is 32.2. The van der Waals surface area contributed by atoms with Crippen LogP contribution in [0.4, 0.5) is 20.8 Å². The number of anilines is 2. The standard InChI is InChI=1S/C25H27FN6O3S/c1-13(2)32-21-15(12-27-24(30-21)36-6)9-16(22(32)33)14-7-8-17(26)18(10-14)28-23(34)29-20-11-19(31-35-20)25(3,4)5/h7-13H,1-6H3,(H2,28,29,34). The predicted octanol–water partition coefficient (Wildman–Crippen LogP) is 5.83. The van der Waals surface area contributed by atoms with Crippen LogP contribution in [0.3, 0.4) is 0 Å². The van der Waals surface area contributed by atoms with E-state index in [0.29, 0.717) is 33.0 Å². The van der Waals surface area contributed by atoms with Crippen LogP contribution in [0, 0.1) is 5.82 Å². The van der Waals surface area contributed by atoms with Gasteiger partial charge in [-0.1, -0.05) is 43.8 Å². The lowest BCUT2D eigenvalue weighted by Crippen LogP contribution is -2.25. The van der Waals surface area contributed by atoms with Crippen LogP contribution in [-0.4, -0.2) is 32.0 Å². The number of nitrogens with one attached hydrogen (secondary N) is 2. The largest absolute Gasteiger partial charge is 0.338 e. The summed E-state index contributed by atoms with van der Waals surface area (Å²) >= 11 is 1.39. The number of urea groups is 1. The van der Waals surface area contributed by atoms with E-state index in [1.54, 1.807) is 22.9 Å². The molecular formula is C25H27FN6O3S. The molecule has 36 heavy (non-hydrogen) atoms. The van der Waals surface area contributed by atoms with E-state index in [1.165, 1.54) is 30.0 Å². The van der Waals surface area contributed by atoms with Crippen LogP contribution in [0.2, 0.25) is 0 Å². The van der Waals surface area contributed by atoms with E-state index in [-0.39, 0.29) is 28.6 Å². The van der Waals surface area contributed by atoms with Gasteiger partial charge in [-0.2, -0.15) is 0 Å². The highest BCUT2D eigenvalue weighted by Gasteiger charge is 2.21. The Kier molecular flexibility index (Phi) is 6.85. The minimum Gasteiger partial charge on any atom is -0.338 e. The Morgan fingerprint density at radius 1 is 1.17 bits per heavy atom. The van der Waals surface area contributed by atoms with Crippen LogP contribution in [0.25, 0.3) is 22.2 Å². The minimum absolute atomic E-state index is 0.0925. The number of hydrogen-bond donors (Lipinski definition) is 2. The summed E-state index contributed by atoms with van der Waals surface area (Å²) in [6, 6.07) is 6.52. The van der Waals surface area contributed by atoms with Crippen molar-refractivity contribution in [3.05, 3.63) is 58.4 Å². The summed E-state index contributed by atoms with van der Waals surface area (Å²) in [6.45, 7) is 9.67. The minimum atomic E-state index is -0.709. The molecule has 188 valence electrons. The van der Waals surface area contributed by atoms with Gasteiger partial charge in [0.2, 0.25) is 5.88 Å². The first-order valence-corrected chi connectivity index (χ1v) is 12.5. The fraction of sp³-hybridized carbons (Fsp3) is 0.320. The van der Waals surface area contributed by atoms with E-state index >= 15 is 0 Å². The molecule has 0 unspecified atom stereocenters. The number of pyridine rings is 1. The lowest BCUT2D eigenvalue weighted by Gasteiger charge is -2.16. The maximum atomic E-state index is 14.6. The molecule has 3 aromatic heterocycles. The van der Waals surface area contributed by atoms with Crippen molar-refractivity contribution in [1.82, 2.24) is 19.7 Å². The number of fused-ring (bicyclic) bond motifs is 1. The normalized spacial score (nSPS) is 11.8. The van der Waals surface area contributed by atoms with Crippen molar-refractivity contribution in [3.8, 4) is 11.1 Å². The summed E-state index contributed by atoms with van der Waals surface area (Å²) in [5.41, 5.74) is 1.34. The number of benzene rings is 1. The Balaban J connectivity index is 1.68. The lowest BCUT2D eigenvalue weighted by atomic mass is 9.92. The van der Waals surface area contributed by atoms with Gasteiger partial charge in [0.05, 0.1) is 11.4 Å². The van der Waals surface area contributed by atoms with Crippen molar-refractivity contribution in [1.29, 1.82) is 0 Å². The lowest BCUT2D eigenvalue weighted by molar-refractivity contribution is 0.261. The third-order valence-corrected chi connectivity index (χ3v) is 6.05. The molecule has 3 heterocycles. The van der Waals surface area contributed by atoms with Gasteiger partial charge in [0.15, 0.2) is 5.16 Å². The van der Waals surface area contributed by atoms with Crippen LogP contribution in [0.1, 0.15) is 46.4 Å². The van der Waals surface area contributed by atoms with Gasteiger partial charge in [0.1, 0.15) is 11.5 Å². The van der Waals surface area contributed by atoms with Gasteiger partial charge in [0, 0.05) is 34.7 Å². The molecule has 0 atom stereocenters. The second-order valence-corrected chi connectivity index (χ2v) is 10.3. The van der Waals surface area contributed by atoms with Gasteiger partial charge in [-0.15, -0.1) is 0 Å². The molecule has 4 rings (SSSR count). The van der Waals surface area contributed by atoms with Crippen LogP contribution in [0.5, 0.6) is 0 Å². The number of carbonyl (C=O) groups excluding carboxylic acids is 1. The molecule has 0 fully saturated rings. The third kappa shape index (κ3) is 5.11. The van der Waals surface area contributed by atoms with E-state index in [1.807, 2.05) is 40.9 Å². The topological polar surface area (TPSA) is 115 Å². The third-order valence-electron chi connectivity index (χ3n) is 5.49. The van der Waals surface area contributed by atoms with Crippen LogP contribution in [-0.2, 0) is 5.41 Å².